The fourth-order valence-electron chi connectivity index (χ4n) is 2.22. The maximum Gasteiger partial charge on any atom is 0.119 e. The summed E-state index contributed by atoms with van der Waals surface area (Å²) in [5.74, 6) is 1.50. The average Bonchev–Trinajstić information content (AvgIpc) is 2.45. The van der Waals surface area contributed by atoms with Gasteiger partial charge in [0.25, 0.3) is 0 Å². The minimum atomic E-state index is -1.20. The first-order valence-electron chi connectivity index (χ1n) is 7.68. The van der Waals surface area contributed by atoms with E-state index in [2.05, 4.69) is 82.0 Å². The molecule has 0 fully saturated rings. The molecule has 0 saturated heterocycles. The first kappa shape index (κ1) is 15.8. The first-order valence-corrected chi connectivity index (χ1v) is 11.2. The number of hydrogen-bond donors (Lipinski definition) is 0. The van der Waals surface area contributed by atoms with Gasteiger partial charge in [0, 0.05) is 0 Å². The highest BCUT2D eigenvalue weighted by Crippen LogP contribution is 2.19. The number of hydrogen-bond acceptors (Lipinski definition) is 1. The Morgan fingerprint density at radius 1 is 0.857 bits per heavy atom. The molecule has 0 aliphatic carbocycles. The van der Waals surface area contributed by atoms with Crippen LogP contribution in [0, 0.1) is 0 Å². The van der Waals surface area contributed by atoms with E-state index in [-0.39, 0.29) is 0 Å². The average molecular weight is 299 g/mol. The van der Waals surface area contributed by atoms with Crippen molar-refractivity contribution in [3.63, 3.8) is 0 Å². The second kappa shape index (κ2) is 6.48. The van der Waals surface area contributed by atoms with Crippen LogP contribution in [0.25, 0.3) is 0 Å². The fraction of sp³-hybridized carbons (Fsp3) is 0.368. The van der Waals surface area contributed by atoms with Crippen molar-refractivity contribution in [3.05, 3.63) is 59.7 Å². The predicted octanol–water partition coefficient (Wildman–Crippen LogP) is 4.93. The Labute approximate surface area is 130 Å². The topological polar surface area (TPSA) is 9.23 Å². The molecule has 112 valence electrons. The summed E-state index contributed by atoms with van der Waals surface area (Å²) >= 11 is 0. The van der Waals surface area contributed by atoms with Crippen LogP contribution in [-0.2, 0) is 6.61 Å². The van der Waals surface area contributed by atoms with E-state index in [0.29, 0.717) is 12.5 Å². The van der Waals surface area contributed by atoms with Gasteiger partial charge in [-0.1, -0.05) is 75.1 Å². The molecule has 2 aromatic rings. The Bertz CT molecular complexity index is 562. The summed E-state index contributed by atoms with van der Waals surface area (Å²) in [5.41, 5.74) is 2.58. The monoisotopic (exact) mass is 298 g/mol. The summed E-state index contributed by atoms with van der Waals surface area (Å²) in [5, 5.41) is 1.49. The second-order valence-electron chi connectivity index (χ2n) is 6.96. The maximum atomic E-state index is 5.86. The SMILES string of the molecule is CC(C)c1ccc(OCc2ccc([Si](C)(C)C)cc2)cc1. The van der Waals surface area contributed by atoms with Crippen LogP contribution in [0.4, 0.5) is 0 Å². The lowest BCUT2D eigenvalue weighted by atomic mass is 10.0. The summed E-state index contributed by atoms with van der Waals surface area (Å²) in [6.45, 7) is 12.2. The highest BCUT2D eigenvalue weighted by atomic mass is 28.3. The van der Waals surface area contributed by atoms with Crippen molar-refractivity contribution in [1.29, 1.82) is 0 Å². The summed E-state index contributed by atoms with van der Waals surface area (Å²) < 4.78 is 5.86. The van der Waals surface area contributed by atoms with Gasteiger partial charge in [-0.2, -0.15) is 0 Å². The van der Waals surface area contributed by atoms with Gasteiger partial charge < -0.3 is 4.74 Å². The van der Waals surface area contributed by atoms with Gasteiger partial charge >= 0.3 is 0 Å². The van der Waals surface area contributed by atoms with E-state index < -0.39 is 8.07 Å². The van der Waals surface area contributed by atoms with Gasteiger partial charge in [0.2, 0.25) is 0 Å². The molecule has 0 aliphatic rings. The van der Waals surface area contributed by atoms with Crippen molar-refractivity contribution in [2.24, 2.45) is 0 Å². The minimum absolute atomic E-state index is 0.563. The Morgan fingerprint density at radius 3 is 1.90 bits per heavy atom. The van der Waals surface area contributed by atoms with Gasteiger partial charge in [0.1, 0.15) is 12.4 Å². The molecule has 2 heteroatoms. The van der Waals surface area contributed by atoms with Crippen LogP contribution >= 0.6 is 0 Å². The number of ether oxygens (including phenoxy) is 1. The van der Waals surface area contributed by atoms with E-state index in [1.54, 1.807) is 0 Å². The highest BCUT2D eigenvalue weighted by Gasteiger charge is 2.15. The second-order valence-corrected chi connectivity index (χ2v) is 12.0. The first-order chi connectivity index (χ1) is 9.86. The number of benzene rings is 2. The van der Waals surface area contributed by atoms with Crippen LogP contribution in [0.15, 0.2) is 48.5 Å². The van der Waals surface area contributed by atoms with Crippen molar-refractivity contribution in [3.8, 4) is 5.75 Å². The molecular formula is C19H26OSi. The van der Waals surface area contributed by atoms with Gasteiger partial charge in [-0.25, -0.2) is 0 Å². The molecule has 2 aromatic carbocycles. The van der Waals surface area contributed by atoms with Crippen LogP contribution in [0.2, 0.25) is 19.6 Å². The van der Waals surface area contributed by atoms with Crippen molar-refractivity contribution in [1.82, 2.24) is 0 Å². The highest BCUT2D eigenvalue weighted by molar-refractivity contribution is 6.88. The van der Waals surface area contributed by atoms with Gasteiger partial charge in [0.05, 0.1) is 8.07 Å². The normalized spacial score (nSPS) is 11.7. The lowest BCUT2D eigenvalue weighted by Gasteiger charge is -2.17. The third kappa shape index (κ3) is 4.47. The third-order valence-corrected chi connectivity index (χ3v) is 5.84. The number of rotatable bonds is 5. The molecule has 0 unspecified atom stereocenters. The molecule has 0 radical (unpaired) electrons. The van der Waals surface area contributed by atoms with Gasteiger partial charge in [-0.05, 0) is 29.2 Å². The van der Waals surface area contributed by atoms with Crippen molar-refractivity contribution >= 4 is 13.3 Å². The summed E-state index contributed by atoms with van der Waals surface area (Å²) in [4.78, 5) is 0. The van der Waals surface area contributed by atoms with Gasteiger partial charge in [-0.3, -0.25) is 0 Å². The zero-order chi connectivity index (χ0) is 15.5. The van der Waals surface area contributed by atoms with Crippen molar-refractivity contribution in [2.75, 3.05) is 0 Å². The van der Waals surface area contributed by atoms with Crippen LogP contribution in [-0.4, -0.2) is 8.07 Å². The Hall–Kier alpha value is -1.54. The maximum absolute atomic E-state index is 5.86. The van der Waals surface area contributed by atoms with E-state index in [1.165, 1.54) is 16.3 Å². The van der Waals surface area contributed by atoms with E-state index in [0.717, 1.165) is 5.75 Å². The largest absolute Gasteiger partial charge is 0.489 e. The van der Waals surface area contributed by atoms with E-state index in [4.69, 9.17) is 4.74 Å². The molecule has 1 nitrogen and oxygen atoms in total. The van der Waals surface area contributed by atoms with E-state index in [1.807, 2.05) is 0 Å². The molecular weight excluding hydrogens is 272 g/mol. The van der Waals surface area contributed by atoms with Gasteiger partial charge in [-0.15, -0.1) is 0 Å². The van der Waals surface area contributed by atoms with Crippen LogP contribution in [0.1, 0.15) is 30.9 Å². The molecule has 0 amide bonds. The molecule has 0 N–H and O–H groups in total. The molecule has 21 heavy (non-hydrogen) atoms. The van der Waals surface area contributed by atoms with Crippen molar-refractivity contribution in [2.45, 2.75) is 46.0 Å². The van der Waals surface area contributed by atoms with Crippen LogP contribution in [0.5, 0.6) is 5.75 Å². The predicted molar refractivity (Wildman–Crippen MR) is 94.3 cm³/mol. The lowest BCUT2D eigenvalue weighted by Crippen LogP contribution is -2.37. The Balaban J connectivity index is 1.96. The molecule has 0 bridgehead atoms. The molecule has 0 aliphatic heterocycles. The molecule has 0 spiro atoms. The van der Waals surface area contributed by atoms with Gasteiger partial charge in [0.15, 0.2) is 0 Å². The molecule has 0 aromatic heterocycles. The molecule has 0 heterocycles. The van der Waals surface area contributed by atoms with Crippen LogP contribution in [0.3, 0.4) is 0 Å². The summed E-state index contributed by atoms with van der Waals surface area (Å²) in [6.07, 6.45) is 0. The molecule has 2 rings (SSSR count). The minimum Gasteiger partial charge on any atom is -0.489 e. The fourth-order valence-corrected chi connectivity index (χ4v) is 3.38. The van der Waals surface area contributed by atoms with Crippen molar-refractivity contribution < 1.29 is 4.74 Å². The van der Waals surface area contributed by atoms with E-state index >= 15 is 0 Å². The van der Waals surface area contributed by atoms with E-state index in [9.17, 15) is 0 Å². The Kier molecular flexibility index (Phi) is 4.89. The van der Waals surface area contributed by atoms with Crippen LogP contribution < -0.4 is 9.92 Å². The molecule has 0 saturated carbocycles. The summed E-state index contributed by atoms with van der Waals surface area (Å²) in [6, 6.07) is 17.3. The quantitative estimate of drug-likeness (QED) is 0.711. The zero-order valence-electron chi connectivity index (χ0n) is 13.8. The summed E-state index contributed by atoms with van der Waals surface area (Å²) in [7, 11) is -1.20. The Morgan fingerprint density at radius 2 is 1.43 bits per heavy atom. The third-order valence-electron chi connectivity index (χ3n) is 3.77. The zero-order valence-corrected chi connectivity index (χ0v) is 14.8. The smallest absolute Gasteiger partial charge is 0.119 e. The lowest BCUT2D eigenvalue weighted by molar-refractivity contribution is 0.306. The standard InChI is InChI=1S/C19H26OSi/c1-15(2)17-8-10-18(11-9-17)20-14-16-6-12-19(13-7-16)21(3,4)5/h6-13,15H,14H2,1-5H3. The molecule has 0 atom stereocenters.